The van der Waals surface area contributed by atoms with Crippen molar-refractivity contribution >= 4 is 15.8 Å². The smallest absolute Gasteiger partial charge is 0.233 e. The number of carbonyl (C=O) groups is 1. The van der Waals surface area contributed by atoms with Gasteiger partial charge in [0.25, 0.3) is 0 Å². The van der Waals surface area contributed by atoms with Crippen LogP contribution in [0.25, 0.3) is 0 Å². The van der Waals surface area contributed by atoms with Crippen LogP contribution in [0.15, 0.2) is 22.6 Å². The molecule has 1 aromatic heterocycles. The van der Waals surface area contributed by atoms with Crippen LogP contribution in [0.2, 0.25) is 0 Å². The minimum Gasteiger partial charge on any atom is -0.360 e. The van der Waals surface area contributed by atoms with E-state index < -0.39 is 10.0 Å². The maximum Gasteiger partial charge on any atom is 0.233 e. The van der Waals surface area contributed by atoms with Gasteiger partial charge < -0.3 is 4.52 Å². The molecule has 7 heteroatoms. The number of ketones is 1. The average molecular weight is 338 g/mol. The van der Waals surface area contributed by atoms with Gasteiger partial charge in [0.15, 0.2) is 5.78 Å². The Labute approximate surface area is 136 Å². The molecule has 23 heavy (non-hydrogen) atoms. The van der Waals surface area contributed by atoms with Gasteiger partial charge in [0.1, 0.15) is 11.5 Å². The van der Waals surface area contributed by atoms with Crippen molar-refractivity contribution < 1.29 is 17.7 Å². The van der Waals surface area contributed by atoms with E-state index in [-0.39, 0.29) is 17.7 Å². The summed E-state index contributed by atoms with van der Waals surface area (Å²) >= 11 is 0. The first-order valence-corrected chi connectivity index (χ1v) is 9.66. The number of hydrogen-bond acceptors (Lipinski definition) is 5. The van der Waals surface area contributed by atoms with Gasteiger partial charge in [-0.15, -0.1) is 0 Å². The summed E-state index contributed by atoms with van der Waals surface area (Å²) in [5, 5.41) is 4.83. The van der Waals surface area contributed by atoms with E-state index in [1.54, 1.807) is 6.07 Å². The van der Waals surface area contributed by atoms with Gasteiger partial charge in [-0.25, -0.2) is 13.1 Å². The topological polar surface area (TPSA) is 89.3 Å². The number of aromatic nitrogens is 1. The minimum atomic E-state index is -3.38. The number of Topliss-reactive ketones (excluding diaryl/α,β-unsaturated/α-hetero) is 1. The summed E-state index contributed by atoms with van der Waals surface area (Å²) in [6.45, 7) is 3.29. The molecule has 0 aromatic carbocycles. The third-order valence-corrected chi connectivity index (χ3v) is 5.77. The van der Waals surface area contributed by atoms with E-state index in [1.165, 1.54) is 0 Å². The van der Waals surface area contributed by atoms with Crippen molar-refractivity contribution in [2.24, 2.45) is 5.92 Å². The third-order valence-electron chi connectivity index (χ3n) is 4.66. The molecular formula is C16H22N2O4S. The van der Waals surface area contributed by atoms with Crippen molar-refractivity contribution in [3.05, 3.63) is 29.5 Å². The SMILES string of the molecule is C=CS(=O)(=O)NC1CCC(CC(=O)c2cc(C3CC3)on2)CC1. The molecule has 1 N–H and O–H groups in total. The second-order valence-corrected chi connectivity index (χ2v) is 8.22. The van der Waals surface area contributed by atoms with E-state index in [0.29, 0.717) is 18.0 Å². The largest absolute Gasteiger partial charge is 0.360 e. The van der Waals surface area contributed by atoms with Crippen LogP contribution in [0.5, 0.6) is 0 Å². The van der Waals surface area contributed by atoms with Crippen LogP contribution in [0.1, 0.15) is 67.1 Å². The molecule has 0 spiro atoms. The molecule has 0 atom stereocenters. The molecular weight excluding hydrogens is 316 g/mol. The Kier molecular flexibility index (Phi) is 4.68. The first kappa shape index (κ1) is 16.4. The van der Waals surface area contributed by atoms with Gasteiger partial charge in [-0.2, -0.15) is 0 Å². The molecule has 2 saturated carbocycles. The summed E-state index contributed by atoms with van der Waals surface area (Å²) in [5.74, 6) is 1.59. The quantitative estimate of drug-likeness (QED) is 0.772. The number of nitrogens with zero attached hydrogens (tertiary/aromatic N) is 1. The van der Waals surface area contributed by atoms with E-state index in [4.69, 9.17) is 4.52 Å². The molecule has 3 rings (SSSR count). The van der Waals surface area contributed by atoms with Crippen LogP contribution in [0.4, 0.5) is 0 Å². The standard InChI is InChI=1S/C16H22N2O4S/c1-2-23(20,21)18-13-7-3-11(4-8-13)9-15(19)14-10-16(22-17-14)12-5-6-12/h2,10-13,18H,1,3-9H2. The zero-order chi connectivity index (χ0) is 16.4. The maximum absolute atomic E-state index is 12.3. The second kappa shape index (κ2) is 6.57. The Bertz CT molecular complexity index is 683. The lowest BCUT2D eigenvalue weighted by molar-refractivity contribution is 0.0938. The summed E-state index contributed by atoms with van der Waals surface area (Å²) in [4.78, 5) is 12.3. The number of carbonyl (C=O) groups excluding carboxylic acids is 1. The fraction of sp³-hybridized carbons (Fsp3) is 0.625. The van der Waals surface area contributed by atoms with E-state index in [0.717, 1.165) is 49.7 Å². The predicted octanol–water partition coefficient (Wildman–Crippen LogP) is 2.75. The molecule has 0 unspecified atom stereocenters. The summed E-state index contributed by atoms with van der Waals surface area (Å²) in [7, 11) is -3.38. The zero-order valence-corrected chi connectivity index (χ0v) is 13.8. The summed E-state index contributed by atoms with van der Waals surface area (Å²) in [6.07, 6.45) is 5.86. The van der Waals surface area contributed by atoms with Crippen LogP contribution < -0.4 is 4.72 Å². The van der Waals surface area contributed by atoms with Gasteiger partial charge in [-0.1, -0.05) is 11.7 Å². The lowest BCUT2D eigenvalue weighted by atomic mass is 9.83. The third kappa shape index (κ3) is 4.29. The van der Waals surface area contributed by atoms with Crippen molar-refractivity contribution in [3.8, 4) is 0 Å². The van der Waals surface area contributed by atoms with Crippen LogP contribution in [-0.2, 0) is 10.0 Å². The van der Waals surface area contributed by atoms with Crippen LogP contribution in [0, 0.1) is 5.92 Å². The summed E-state index contributed by atoms with van der Waals surface area (Å²) in [6, 6.07) is 1.72. The van der Waals surface area contributed by atoms with Crippen molar-refractivity contribution in [3.63, 3.8) is 0 Å². The van der Waals surface area contributed by atoms with E-state index in [1.807, 2.05) is 0 Å². The first-order valence-electron chi connectivity index (χ1n) is 8.11. The van der Waals surface area contributed by atoms with E-state index >= 15 is 0 Å². The first-order chi connectivity index (χ1) is 11.0. The Morgan fingerprint density at radius 1 is 1.30 bits per heavy atom. The highest BCUT2D eigenvalue weighted by Crippen LogP contribution is 2.40. The number of rotatable bonds is 7. The molecule has 0 bridgehead atoms. The number of sulfonamides is 1. The van der Waals surface area contributed by atoms with Gasteiger partial charge in [-0.05, 0) is 44.4 Å². The molecule has 2 aliphatic rings. The molecule has 0 radical (unpaired) electrons. The molecule has 2 fully saturated rings. The Morgan fingerprint density at radius 2 is 2.00 bits per heavy atom. The maximum atomic E-state index is 12.3. The molecule has 0 amide bonds. The van der Waals surface area contributed by atoms with Gasteiger partial charge in [0, 0.05) is 29.9 Å². The normalized spacial score (nSPS) is 25.2. The van der Waals surface area contributed by atoms with Gasteiger partial charge in [-0.3, -0.25) is 4.79 Å². The highest BCUT2D eigenvalue weighted by Gasteiger charge is 2.30. The van der Waals surface area contributed by atoms with Gasteiger partial charge in [0.05, 0.1) is 0 Å². The molecule has 1 aromatic rings. The molecule has 2 aliphatic carbocycles. The fourth-order valence-corrected chi connectivity index (χ4v) is 3.91. The van der Waals surface area contributed by atoms with Crippen LogP contribution in [0.3, 0.4) is 0 Å². The monoisotopic (exact) mass is 338 g/mol. The molecule has 0 aliphatic heterocycles. The Balaban J connectivity index is 1.48. The Hall–Kier alpha value is -1.47. The fourth-order valence-electron chi connectivity index (χ4n) is 3.11. The van der Waals surface area contributed by atoms with Crippen LogP contribution in [-0.4, -0.2) is 25.4 Å². The van der Waals surface area contributed by atoms with Crippen molar-refractivity contribution in [2.75, 3.05) is 0 Å². The van der Waals surface area contributed by atoms with E-state index in [2.05, 4.69) is 16.5 Å². The summed E-state index contributed by atoms with van der Waals surface area (Å²) < 4.78 is 30.8. The van der Waals surface area contributed by atoms with Gasteiger partial charge in [0.2, 0.25) is 10.0 Å². The average Bonchev–Trinajstić information content (AvgIpc) is 3.26. The predicted molar refractivity (Wildman–Crippen MR) is 85.4 cm³/mol. The lowest BCUT2D eigenvalue weighted by Gasteiger charge is -2.28. The minimum absolute atomic E-state index is 0.0239. The highest BCUT2D eigenvalue weighted by molar-refractivity contribution is 7.92. The highest BCUT2D eigenvalue weighted by atomic mass is 32.2. The lowest BCUT2D eigenvalue weighted by Crippen LogP contribution is -2.36. The van der Waals surface area contributed by atoms with Crippen molar-refractivity contribution in [2.45, 2.75) is 56.9 Å². The Morgan fingerprint density at radius 3 is 2.61 bits per heavy atom. The summed E-state index contributed by atoms with van der Waals surface area (Å²) in [5.41, 5.74) is 0.432. The molecule has 1 heterocycles. The molecule has 126 valence electrons. The molecule has 0 saturated heterocycles. The van der Waals surface area contributed by atoms with Crippen LogP contribution >= 0.6 is 0 Å². The van der Waals surface area contributed by atoms with E-state index in [9.17, 15) is 13.2 Å². The van der Waals surface area contributed by atoms with Crippen molar-refractivity contribution in [1.82, 2.24) is 9.88 Å². The molecule has 6 nitrogen and oxygen atoms in total. The number of hydrogen-bond donors (Lipinski definition) is 1. The van der Waals surface area contributed by atoms with Crippen molar-refractivity contribution in [1.29, 1.82) is 0 Å². The number of nitrogens with one attached hydrogen (secondary N) is 1. The second-order valence-electron chi connectivity index (χ2n) is 6.56. The van der Waals surface area contributed by atoms with Gasteiger partial charge >= 0.3 is 0 Å². The zero-order valence-electron chi connectivity index (χ0n) is 13.0.